The van der Waals surface area contributed by atoms with E-state index in [1.54, 1.807) is 48.5 Å². The van der Waals surface area contributed by atoms with E-state index in [1.165, 1.54) is 4.57 Å². The van der Waals surface area contributed by atoms with E-state index in [1.807, 2.05) is 9.86 Å². The van der Waals surface area contributed by atoms with Crippen LogP contribution in [0.1, 0.15) is 17.6 Å². The van der Waals surface area contributed by atoms with Gasteiger partial charge < -0.3 is 0 Å². The number of aromatic nitrogens is 1. The minimum atomic E-state index is -2.04. The third kappa shape index (κ3) is 5.32. The number of hydrogen-bond donors (Lipinski definition) is 2. The molecule has 0 aliphatic heterocycles. The van der Waals surface area contributed by atoms with Crippen molar-refractivity contribution in [2.24, 2.45) is 0 Å². The van der Waals surface area contributed by atoms with Crippen LogP contribution in [0.4, 0.5) is 4.39 Å². The summed E-state index contributed by atoms with van der Waals surface area (Å²) in [6.07, 6.45) is -0.948. The fraction of sp³-hybridized carbons (Fsp3) is 0.292. The average molecular weight is 582 g/mol. The molecule has 2 aromatic carbocycles. The van der Waals surface area contributed by atoms with Gasteiger partial charge in [0.1, 0.15) is 0 Å². The van der Waals surface area contributed by atoms with Crippen molar-refractivity contribution in [3.63, 3.8) is 0 Å². The van der Waals surface area contributed by atoms with Gasteiger partial charge >= 0.3 is 202 Å². The standard InChI is InChI=1S/C24H24FIN2O6/c1-26(2)16(24(34)27-17(12-22(31)32)20(29)13-25)11-21(30)28-18-9-5-3-7-14(18)23(33)15-8-4-6-10-19(15)28/h3-10,16-17H,11-13H2,1-2H3,(H,27,34)(H,31,32)/t16-,17?/m1/s1. The van der Waals surface area contributed by atoms with Gasteiger partial charge in [0.15, 0.2) is 0 Å². The molecule has 1 heterocycles. The SMILES string of the molecule is CI(C)[C@H](CC(=O)n1c2ccccc2c(=O)c2ccccc21)C(=O)NC(CC(=O)O)C(=O)CF. The van der Waals surface area contributed by atoms with Gasteiger partial charge in [-0.1, -0.05) is 0 Å². The van der Waals surface area contributed by atoms with Gasteiger partial charge in [-0.05, 0) is 0 Å². The summed E-state index contributed by atoms with van der Waals surface area (Å²) in [5.41, 5.74) is 0.628. The first-order valence-electron chi connectivity index (χ1n) is 10.3. The number of ketones is 1. The van der Waals surface area contributed by atoms with Crippen molar-refractivity contribution in [3.8, 4) is 0 Å². The summed E-state index contributed by atoms with van der Waals surface area (Å²) in [5.74, 6) is -3.45. The Balaban J connectivity index is 2.00. The zero-order valence-electron chi connectivity index (χ0n) is 18.6. The van der Waals surface area contributed by atoms with Crippen molar-refractivity contribution in [1.29, 1.82) is 0 Å². The number of fused-ring (bicyclic) bond motifs is 2. The van der Waals surface area contributed by atoms with Crippen LogP contribution in [0.5, 0.6) is 0 Å². The molecule has 1 unspecified atom stereocenters. The number of pyridine rings is 1. The van der Waals surface area contributed by atoms with Crippen molar-refractivity contribution in [3.05, 3.63) is 58.8 Å². The number of carbonyl (C=O) groups excluding carboxylic acids is 3. The summed E-state index contributed by atoms with van der Waals surface area (Å²) in [6, 6.07) is 11.9. The monoisotopic (exact) mass is 582 g/mol. The quantitative estimate of drug-likeness (QED) is 0.227. The maximum absolute atomic E-state index is 13.5. The van der Waals surface area contributed by atoms with E-state index in [-0.39, 0.29) is 11.8 Å². The number of alkyl halides is 4. The Morgan fingerprint density at radius 1 is 0.971 bits per heavy atom. The molecule has 0 fully saturated rings. The van der Waals surface area contributed by atoms with E-state index in [9.17, 15) is 28.4 Å². The molecule has 0 spiro atoms. The van der Waals surface area contributed by atoms with Crippen molar-refractivity contribution >= 4 is 65.2 Å². The first kappa shape index (κ1) is 25.5. The Bertz CT molecular complexity index is 1280. The van der Waals surface area contributed by atoms with Gasteiger partial charge in [0.2, 0.25) is 0 Å². The summed E-state index contributed by atoms with van der Waals surface area (Å²) < 4.78 is 13.5. The second kappa shape index (κ2) is 10.9. The Morgan fingerprint density at radius 2 is 1.50 bits per heavy atom. The number of nitrogens with one attached hydrogen (secondary N) is 1. The van der Waals surface area contributed by atoms with Gasteiger partial charge in [-0.15, -0.1) is 0 Å². The fourth-order valence-corrected chi connectivity index (χ4v) is 6.30. The molecule has 0 aliphatic rings. The molecule has 0 radical (unpaired) electrons. The first-order valence-corrected chi connectivity index (χ1v) is 15.9. The number of Topliss-reactive ketones (excluding diaryl/α,β-unsaturated/α-hetero) is 1. The molecular formula is C24H24FIN2O6. The van der Waals surface area contributed by atoms with Gasteiger partial charge in [-0.2, -0.15) is 0 Å². The zero-order valence-corrected chi connectivity index (χ0v) is 20.7. The predicted octanol–water partition coefficient (Wildman–Crippen LogP) is 2.82. The Hall–Kier alpha value is -3.15. The Labute approximate surface area is 201 Å². The third-order valence-electron chi connectivity index (χ3n) is 5.41. The van der Waals surface area contributed by atoms with E-state index in [4.69, 9.17) is 5.11 Å². The average Bonchev–Trinajstić information content (AvgIpc) is 2.81. The molecule has 0 saturated carbocycles. The molecule has 0 saturated heterocycles. The van der Waals surface area contributed by atoms with Gasteiger partial charge in [0, 0.05) is 0 Å². The van der Waals surface area contributed by atoms with Crippen LogP contribution in [0.15, 0.2) is 53.3 Å². The van der Waals surface area contributed by atoms with E-state index < -0.39 is 66.4 Å². The molecular weight excluding hydrogens is 558 g/mol. The van der Waals surface area contributed by atoms with E-state index >= 15 is 0 Å². The number of carboxylic acid groups (broad SMARTS) is 1. The van der Waals surface area contributed by atoms with Crippen molar-refractivity contribution in [1.82, 2.24) is 9.88 Å². The third-order valence-corrected chi connectivity index (χ3v) is 9.42. The molecule has 3 aromatic rings. The number of rotatable bonds is 9. The molecule has 180 valence electrons. The molecule has 2 N–H and O–H groups in total. The number of halogens is 2. The van der Waals surface area contributed by atoms with Gasteiger partial charge in [-0.25, -0.2) is 0 Å². The van der Waals surface area contributed by atoms with Crippen molar-refractivity contribution in [2.45, 2.75) is 22.8 Å². The van der Waals surface area contributed by atoms with Crippen LogP contribution in [-0.2, 0) is 14.4 Å². The number of carbonyl (C=O) groups is 4. The number of nitrogens with zero attached hydrogens (tertiary/aromatic N) is 1. The van der Waals surface area contributed by atoms with Crippen LogP contribution in [-0.4, -0.2) is 59.7 Å². The number of hydrogen-bond acceptors (Lipinski definition) is 5. The molecule has 8 nitrogen and oxygen atoms in total. The number of para-hydroxylation sites is 2. The maximum atomic E-state index is 13.5. The van der Waals surface area contributed by atoms with Crippen LogP contribution in [0.25, 0.3) is 21.8 Å². The molecule has 3 rings (SSSR count). The van der Waals surface area contributed by atoms with E-state index in [0.717, 1.165) is 0 Å². The van der Waals surface area contributed by atoms with Gasteiger partial charge in [0.25, 0.3) is 0 Å². The van der Waals surface area contributed by atoms with Crippen LogP contribution in [0, 0.1) is 0 Å². The number of amides is 1. The molecule has 2 atom stereocenters. The van der Waals surface area contributed by atoms with E-state index in [0.29, 0.717) is 21.8 Å². The summed E-state index contributed by atoms with van der Waals surface area (Å²) in [5, 5.41) is 12.1. The summed E-state index contributed by atoms with van der Waals surface area (Å²) in [4.78, 5) is 66.0. The molecule has 1 amide bonds. The molecule has 10 heteroatoms. The topological polar surface area (TPSA) is 123 Å². The Morgan fingerprint density at radius 3 is 1.97 bits per heavy atom. The van der Waals surface area contributed by atoms with E-state index in [2.05, 4.69) is 5.32 Å². The summed E-state index contributed by atoms with van der Waals surface area (Å²) in [6.45, 7) is -1.40. The number of benzene rings is 2. The fourth-order valence-electron chi connectivity index (χ4n) is 3.73. The summed E-state index contributed by atoms with van der Waals surface area (Å²) >= 11 is -2.04. The normalized spacial score (nSPS) is 13.3. The second-order valence-electron chi connectivity index (χ2n) is 7.84. The van der Waals surface area contributed by atoms with Crippen LogP contribution < -0.4 is 10.7 Å². The van der Waals surface area contributed by atoms with Gasteiger partial charge in [0.05, 0.1) is 0 Å². The van der Waals surface area contributed by atoms with Gasteiger partial charge in [-0.3, -0.25) is 0 Å². The molecule has 0 bridgehead atoms. The summed E-state index contributed by atoms with van der Waals surface area (Å²) in [7, 11) is 0. The second-order valence-corrected chi connectivity index (χ2v) is 14.0. The Kier molecular flexibility index (Phi) is 8.13. The van der Waals surface area contributed by atoms with Crippen LogP contribution >= 0.6 is 19.8 Å². The molecule has 0 aliphatic carbocycles. The number of carboxylic acids is 1. The van der Waals surface area contributed by atoms with Crippen LogP contribution in [0.2, 0.25) is 0 Å². The zero-order chi connectivity index (χ0) is 25.0. The predicted molar refractivity (Wildman–Crippen MR) is 136 cm³/mol. The minimum absolute atomic E-state index is 0.203. The number of aliphatic carboxylic acids is 1. The molecule has 1 aromatic heterocycles. The van der Waals surface area contributed by atoms with Crippen molar-refractivity contribution < 1.29 is 28.7 Å². The molecule has 34 heavy (non-hydrogen) atoms. The van der Waals surface area contributed by atoms with Crippen LogP contribution in [0.3, 0.4) is 0 Å². The van der Waals surface area contributed by atoms with Crippen molar-refractivity contribution in [2.75, 3.05) is 16.5 Å². The first-order chi connectivity index (χ1) is 16.1.